The van der Waals surface area contributed by atoms with Crippen molar-refractivity contribution >= 4 is 13.4 Å². The second-order valence-electron chi connectivity index (χ2n) is 5.35. The lowest BCUT2D eigenvalue weighted by atomic mass is 10.2. The maximum Gasteiger partial charge on any atom is 0.459 e. The molecule has 0 bridgehead atoms. The van der Waals surface area contributed by atoms with Crippen LogP contribution >= 0.6 is 7.75 Å². The summed E-state index contributed by atoms with van der Waals surface area (Å²) in [4.78, 5) is 10.6. The molecule has 0 aromatic heterocycles. The van der Waals surface area contributed by atoms with Crippen molar-refractivity contribution in [3.05, 3.63) is 33.9 Å². The summed E-state index contributed by atoms with van der Waals surface area (Å²) in [5.74, 6) is -0.0436. The highest BCUT2D eigenvalue weighted by Gasteiger charge is 2.33. The molecule has 0 radical (unpaired) electrons. The van der Waals surface area contributed by atoms with Gasteiger partial charge in [0.2, 0.25) is 5.75 Å². The van der Waals surface area contributed by atoms with E-state index in [0.717, 1.165) is 31.2 Å². The number of nitro groups is 1. The highest BCUT2D eigenvalue weighted by Crippen LogP contribution is 2.48. The fourth-order valence-corrected chi connectivity index (χ4v) is 4.15. The Labute approximate surface area is 129 Å². The molecule has 1 saturated carbocycles. The number of benzene rings is 1. The Hall–Kier alpha value is -1.43. The van der Waals surface area contributed by atoms with Gasteiger partial charge in [0.1, 0.15) is 0 Å². The number of aryl methyl sites for hydroxylation is 1. The maximum atomic E-state index is 12.8. The third kappa shape index (κ3) is 4.29. The van der Waals surface area contributed by atoms with E-state index in [4.69, 9.17) is 9.05 Å². The summed E-state index contributed by atoms with van der Waals surface area (Å²) in [6.45, 7) is 3.64. The Morgan fingerprint density at radius 2 is 2.09 bits per heavy atom. The number of nitrogens with one attached hydrogen (secondary N) is 1. The van der Waals surface area contributed by atoms with Gasteiger partial charge in [0.25, 0.3) is 0 Å². The lowest BCUT2D eigenvalue weighted by Crippen LogP contribution is -2.26. The molecule has 2 rings (SSSR count). The van der Waals surface area contributed by atoms with Crippen LogP contribution in [0.1, 0.15) is 38.2 Å². The first-order valence-electron chi connectivity index (χ1n) is 7.40. The first-order valence-corrected chi connectivity index (χ1v) is 8.95. The van der Waals surface area contributed by atoms with Gasteiger partial charge in [-0.2, -0.15) is 0 Å². The molecule has 7 nitrogen and oxygen atoms in total. The smallest absolute Gasteiger partial charge is 0.406 e. The molecule has 0 saturated heterocycles. The molecule has 1 atom stereocenters. The third-order valence-electron chi connectivity index (χ3n) is 3.52. The summed E-state index contributed by atoms with van der Waals surface area (Å²) in [6.07, 6.45) is 3.93. The van der Waals surface area contributed by atoms with Gasteiger partial charge in [-0.1, -0.05) is 18.9 Å². The zero-order valence-electron chi connectivity index (χ0n) is 12.8. The lowest BCUT2D eigenvalue weighted by Gasteiger charge is -2.22. The topological polar surface area (TPSA) is 90.7 Å². The van der Waals surface area contributed by atoms with Crippen LogP contribution in [-0.4, -0.2) is 17.6 Å². The molecule has 1 aromatic carbocycles. The van der Waals surface area contributed by atoms with Crippen LogP contribution in [0.2, 0.25) is 0 Å². The summed E-state index contributed by atoms with van der Waals surface area (Å²) in [7, 11) is -3.63. The van der Waals surface area contributed by atoms with E-state index in [1.165, 1.54) is 12.1 Å². The van der Waals surface area contributed by atoms with Gasteiger partial charge < -0.3 is 4.52 Å². The molecule has 1 aliphatic carbocycles. The van der Waals surface area contributed by atoms with E-state index < -0.39 is 12.7 Å². The van der Waals surface area contributed by atoms with E-state index in [0.29, 0.717) is 0 Å². The van der Waals surface area contributed by atoms with E-state index in [1.807, 2.05) is 0 Å². The lowest BCUT2D eigenvalue weighted by molar-refractivity contribution is -0.385. The molecular formula is C14H21N2O5P. The number of nitrogens with zero attached hydrogens (tertiary/aromatic N) is 1. The molecule has 22 heavy (non-hydrogen) atoms. The fourth-order valence-electron chi connectivity index (χ4n) is 2.52. The van der Waals surface area contributed by atoms with Gasteiger partial charge in [-0.15, -0.1) is 0 Å². The fraction of sp³-hybridized carbons (Fsp3) is 0.571. The van der Waals surface area contributed by atoms with Crippen molar-refractivity contribution in [1.29, 1.82) is 0 Å². The Kier molecular flexibility index (Phi) is 5.56. The molecule has 122 valence electrons. The van der Waals surface area contributed by atoms with Crippen molar-refractivity contribution in [2.75, 3.05) is 6.61 Å². The average molecular weight is 328 g/mol. The molecule has 1 fully saturated rings. The summed E-state index contributed by atoms with van der Waals surface area (Å²) < 4.78 is 23.5. The number of hydrogen-bond acceptors (Lipinski definition) is 5. The third-order valence-corrected chi connectivity index (χ3v) is 5.24. The molecule has 1 aliphatic rings. The summed E-state index contributed by atoms with van der Waals surface area (Å²) in [5.41, 5.74) is 0.516. The van der Waals surface area contributed by atoms with Crippen LogP contribution in [0.25, 0.3) is 0 Å². The van der Waals surface area contributed by atoms with Crippen molar-refractivity contribution in [1.82, 2.24) is 5.09 Å². The van der Waals surface area contributed by atoms with Gasteiger partial charge in [-0.3, -0.25) is 14.6 Å². The summed E-state index contributed by atoms with van der Waals surface area (Å²) in [5, 5.41) is 14.0. The second kappa shape index (κ2) is 7.22. The molecule has 0 heterocycles. The minimum atomic E-state index is -3.63. The number of hydrogen-bond donors (Lipinski definition) is 1. The van der Waals surface area contributed by atoms with Crippen molar-refractivity contribution < 1.29 is 18.5 Å². The molecule has 0 aliphatic heterocycles. The first kappa shape index (κ1) is 16.9. The Morgan fingerprint density at radius 3 is 2.68 bits per heavy atom. The van der Waals surface area contributed by atoms with Gasteiger partial charge in [0.05, 0.1) is 11.5 Å². The zero-order valence-corrected chi connectivity index (χ0v) is 13.7. The second-order valence-corrected chi connectivity index (χ2v) is 7.04. The molecule has 1 aromatic rings. The highest BCUT2D eigenvalue weighted by molar-refractivity contribution is 7.52. The monoisotopic (exact) mass is 328 g/mol. The van der Waals surface area contributed by atoms with Gasteiger partial charge in [-0.25, -0.2) is 9.65 Å². The number of rotatable bonds is 7. The minimum absolute atomic E-state index is 0.0436. The minimum Gasteiger partial charge on any atom is -0.406 e. The van der Waals surface area contributed by atoms with Gasteiger partial charge in [0, 0.05) is 12.1 Å². The molecule has 8 heteroatoms. The molecule has 1 unspecified atom stereocenters. The predicted octanol–water partition coefficient (Wildman–Crippen LogP) is 3.96. The normalized spacial score (nSPS) is 18.1. The van der Waals surface area contributed by atoms with Crippen LogP contribution in [0.4, 0.5) is 5.69 Å². The molecule has 1 N–H and O–H groups in total. The summed E-state index contributed by atoms with van der Waals surface area (Å²) in [6, 6.07) is 4.58. The molecule has 0 amide bonds. The summed E-state index contributed by atoms with van der Waals surface area (Å²) >= 11 is 0. The van der Waals surface area contributed by atoms with Crippen LogP contribution in [0.15, 0.2) is 18.2 Å². The van der Waals surface area contributed by atoms with Crippen LogP contribution in [-0.2, 0) is 9.09 Å². The standard InChI is InChI=1S/C14H21N2O5P/c1-3-20-22(19,15-12-6-4-5-7-12)21-14-9-8-11(2)10-13(14)16(17)18/h8-10,12H,3-7H2,1-2H3,(H,15,19). The molecular weight excluding hydrogens is 307 g/mol. The quantitative estimate of drug-likeness (QED) is 0.463. The van der Waals surface area contributed by atoms with Crippen molar-refractivity contribution in [2.45, 2.75) is 45.6 Å². The van der Waals surface area contributed by atoms with Crippen molar-refractivity contribution in [2.24, 2.45) is 0 Å². The van der Waals surface area contributed by atoms with Crippen LogP contribution < -0.4 is 9.61 Å². The van der Waals surface area contributed by atoms with E-state index >= 15 is 0 Å². The van der Waals surface area contributed by atoms with Gasteiger partial charge in [0.15, 0.2) is 0 Å². The number of nitro benzene ring substituents is 1. The Morgan fingerprint density at radius 1 is 1.41 bits per heavy atom. The maximum absolute atomic E-state index is 12.8. The van der Waals surface area contributed by atoms with Crippen LogP contribution in [0, 0.1) is 17.0 Å². The average Bonchev–Trinajstić information content (AvgIpc) is 2.93. The molecule has 0 spiro atoms. The highest BCUT2D eigenvalue weighted by atomic mass is 31.2. The Bertz CT molecular complexity index is 587. The Balaban J connectivity index is 2.23. The largest absolute Gasteiger partial charge is 0.459 e. The van der Waals surface area contributed by atoms with E-state index in [2.05, 4.69) is 5.09 Å². The van der Waals surface area contributed by atoms with Crippen molar-refractivity contribution in [3.8, 4) is 5.75 Å². The van der Waals surface area contributed by atoms with E-state index in [1.54, 1.807) is 19.9 Å². The van der Waals surface area contributed by atoms with E-state index in [-0.39, 0.29) is 24.1 Å². The predicted molar refractivity (Wildman–Crippen MR) is 83.1 cm³/mol. The zero-order chi connectivity index (χ0) is 16.2. The SMILES string of the molecule is CCOP(=O)(NC1CCCC1)Oc1ccc(C)cc1[N+](=O)[O-]. The van der Waals surface area contributed by atoms with Gasteiger partial charge in [-0.05, 0) is 38.3 Å². The van der Waals surface area contributed by atoms with Crippen molar-refractivity contribution in [3.63, 3.8) is 0 Å². The van der Waals surface area contributed by atoms with Gasteiger partial charge >= 0.3 is 13.4 Å². The van der Waals surface area contributed by atoms with Crippen LogP contribution in [0.3, 0.4) is 0 Å². The first-order chi connectivity index (χ1) is 10.4. The van der Waals surface area contributed by atoms with Crippen LogP contribution in [0.5, 0.6) is 5.75 Å². The van der Waals surface area contributed by atoms with E-state index in [9.17, 15) is 14.7 Å².